The number of benzene rings is 2. The highest BCUT2D eigenvalue weighted by molar-refractivity contribution is 6.08. The molecule has 0 spiro atoms. The van der Waals surface area contributed by atoms with E-state index in [1.54, 1.807) is 6.33 Å². The van der Waals surface area contributed by atoms with Crippen LogP contribution < -0.4 is 5.43 Å². The molecule has 0 atom stereocenters. The van der Waals surface area contributed by atoms with Gasteiger partial charge in [0, 0.05) is 10.8 Å². The molecule has 0 aliphatic rings. The van der Waals surface area contributed by atoms with Crippen LogP contribution in [0, 0.1) is 0 Å². The molecule has 23 heavy (non-hydrogen) atoms. The summed E-state index contributed by atoms with van der Waals surface area (Å²) in [5.41, 5.74) is 7.02. The molecule has 3 aromatic heterocycles. The Labute approximate surface area is 130 Å². The molecule has 0 unspecified atom stereocenters. The van der Waals surface area contributed by atoms with Gasteiger partial charge in [0.2, 0.25) is 0 Å². The van der Waals surface area contributed by atoms with Gasteiger partial charge in [-0.2, -0.15) is 0 Å². The number of aromatic nitrogens is 5. The van der Waals surface area contributed by atoms with Crippen LogP contribution in [-0.4, -0.2) is 24.6 Å². The highest BCUT2D eigenvalue weighted by atomic mass is 15.4. The summed E-state index contributed by atoms with van der Waals surface area (Å²) in [5, 5.41) is 2.40. The fraction of sp³-hybridized carbons (Fsp3) is 0. The second kappa shape index (κ2) is 4.54. The van der Waals surface area contributed by atoms with Gasteiger partial charge in [-0.3, -0.25) is 10.1 Å². The Balaban J connectivity index is 1.80. The zero-order valence-electron chi connectivity index (χ0n) is 12.1. The number of hydrogen-bond donors (Lipinski definition) is 2. The third kappa shape index (κ3) is 1.72. The minimum Gasteiger partial charge on any atom is -0.340 e. The second-order valence-electron chi connectivity index (χ2n) is 5.30. The molecule has 2 N–H and O–H groups in total. The van der Waals surface area contributed by atoms with Gasteiger partial charge in [-0.1, -0.05) is 36.4 Å². The van der Waals surface area contributed by atoms with E-state index in [9.17, 15) is 0 Å². The van der Waals surface area contributed by atoms with E-state index in [1.807, 2.05) is 16.8 Å². The van der Waals surface area contributed by atoms with E-state index in [4.69, 9.17) is 0 Å². The first-order chi connectivity index (χ1) is 11.4. The highest BCUT2D eigenvalue weighted by Gasteiger charge is 2.12. The van der Waals surface area contributed by atoms with Gasteiger partial charge in [-0.05, 0) is 12.1 Å². The fourth-order valence-corrected chi connectivity index (χ4v) is 3.00. The molecule has 0 aliphatic heterocycles. The van der Waals surface area contributed by atoms with Crippen molar-refractivity contribution in [1.29, 1.82) is 0 Å². The largest absolute Gasteiger partial charge is 0.340 e. The number of nitrogens with one attached hydrogen (secondary N) is 2. The van der Waals surface area contributed by atoms with Crippen molar-refractivity contribution in [3.05, 3.63) is 61.2 Å². The summed E-state index contributed by atoms with van der Waals surface area (Å²) >= 11 is 0. The molecule has 0 radical (unpaired) electrons. The first kappa shape index (κ1) is 12.2. The zero-order valence-corrected chi connectivity index (χ0v) is 12.1. The number of anilines is 1. The van der Waals surface area contributed by atoms with Crippen molar-refractivity contribution in [2.45, 2.75) is 0 Å². The molecule has 0 fully saturated rings. The first-order valence-corrected chi connectivity index (χ1v) is 7.31. The highest BCUT2D eigenvalue weighted by Crippen LogP contribution is 2.29. The summed E-state index contributed by atoms with van der Waals surface area (Å²) in [7, 11) is 0. The number of para-hydroxylation sites is 2. The predicted molar refractivity (Wildman–Crippen MR) is 90.1 cm³/mol. The predicted octanol–water partition coefficient (Wildman–Crippen LogP) is 3.34. The summed E-state index contributed by atoms with van der Waals surface area (Å²) in [5.74, 6) is 0.694. The van der Waals surface area contributed by atoms with Crippen LogP contribution in [0.15, 0.2) is 61.2 Å². The molecule has 6 heteroatoms. The average Bonchev–Trinajstić information content (AvgIpc) is 3.20. The molecule has 110 valence electrons. The maximum Gasteiger partial charge on any atom is 0.182 e. The number of aromatic amines is 1. The Morgan fingerprint density at radius 2 is 1.52 bits per heavy atom. The maximum absolute atomic E-state index is 4.35. The molecule has 6 nitrogen and oxygen atoms in total. The molecule has 0 aliphatic carbocycles. The lowest BCUT2D eigenvalue weighted by Crippen LogP contribution is -2.10. The summed E-state index contributed by atoms with van der Waals surface area (Å²) < 4.78 is 2.05. The lowest BCUT2D eigenvalue weighted by Gasteiger charge is -2.10. The van der Waals surface area contributed by atoms with Crippen molar-refractivity contribution in [2.24, 2.45) is 0 Å². The summed E-state index contributed by atoms with van der Waals surface area (Å²) in [6.07, 6.45) is 3.13. The van der Waals surface area contributed by atoms with Gasteiger partial charge in [0.15, 0.2) is 11.5 Å². The van der Waals surface area contributed by atoms with Crippen LogP contribution in [0.25, 0.3) is 33.0 Å². The van der Waals surface area contributed by atoms with Gasteiger partial charge < -0.3 is 4.98 Å². The number of imidazole rings is 1. The molecular formula is C17H12N6. The minimum atomic E-state index is 0.642. The molecule has 3 heterocycles. The standard InChI is InChI=1S/C17H12N6/c1-3-7-13-11(5-1)12-6-2-4-8-14(12)23(13)22-17-15-16(19-9-18-15)20-10-21-17/h1-10H,(H2,18,19,20,21,22). The molecular weight excluding hydrogens is 288 g/mol. The third-order valence-corrected chi connectivity index (χ3v) is 4.02. The van der Waals surface area contributed by atoms with Crippen LogP contribution in [0.4, 0.5) is 5.82 Å². The Bertz CT molecular complexity index is 1100. The van der Waals surface area contributed by atoms with Crippen LogP contribution in [-0.2, 0) is 0 Å². The van der Waals surface area contributed by atoms with Crippen molar-refractivity contribution in [2.75, 3.05) is 5.43 Å². The lowest BCUT2D eigenvalue weighted by atomic mass is 10.2. The van der Waals surface area contributed by atoms with E-state index in [2.05, 4.69) is 61.8 Å². The van der Waals surface area contributed by atoms with Gasteiger partial charge >= 0.3 is 0 Å². The Morgan fingerprint density at radius 1 is 0.826 bits per heavy atom. The van der Waals surface area contributed by atoms with Gasteiger partial charge in [-0.25, -0.2) is 15.0 Å². The van der Waals surface area contributed by atoms with E-state index in [1.165, 1.54) is 17.1 Å². The Morgan fingerprint density at radius 3 is 2.26 bits per heavy atom. The summed E-state index contributed by atoms with van der Waals surface area (Å²) in [4.78, 5) is 15.8. The topological polar surface area (TPSA) is 71.4 Å². The van der Waals surface area contributed by atoms with Gasteiger partial charge in [-0.15, -0.1) is 0 Å². The van der Waals surface area contributed by atoms with Gasteiger partial charge in [0.25, 0.3) is 0 Å². The molecule has 2 aromatic carbocycles. The summed E-state index contributed by atoms with van der Waals surface area (Å²) in [6.45, 7) is 0. The number of rotatable bonds is 2. The third-order valence-electron chi connectivity index (χ3n) is 4.02. The summed E-state index contributed by atoms with van der Waals surface area (Å²) in [6, 6.07) is 16.6. The maximum atomic E-state index is 4.35. The van der Waals surface area contributed by atoms with E-state index in [0.29, 0.717) is 11.5 Å². The Kier molecular flexibility index (Phi) is 2.40. The van der Waals surface area contributed by atoms with Gasteiger partial charge in [0.1, 0.15) is 11.8 Å². The molecule has 0 bridgehead atoms. The van der Waals surface area contributed by atoms with E-state index in [0.717, 1.165) is 16.6 Å². The number of fused-ring (bicyclic) bond motifs is 4. The van der Waals surface area contributed by atoms with Crippen LogP contribution in [0.3, 0.4) is 0 Å². The monoisotopic (exact) mass is 300 g/mol. The lowest BCUT2D eigenvalue weighted by molar-refractivity contribution is 1.02. The molecule has 0 amide bonds. The van der Waals surface area contributed by atoms with Crippen molar-refractivity contribution in [1.82, 2.24) is 24.6 Å². The van der Waals surface area contributed by atoms with Crippen molar-refractivity contribution in [3.8, 4) is 0 Å². The number of nitrogens with zero attached hydrogens (tertiary/aromatic N) is 4. The molecule has 5 rings (SSSR count). The van der Waals surface area contributed by atoms with E-state index in [-0.39, 0.29) is 0 Å². The fourth-order valence-electron chi connectivity index (χ4n) is 3.00. The molecule has 0 saturated heterocycles. The number of H-pyrrole nitrogens is 1. The van der Waals surface area contributed by atoms with Crippen LogP contribution >= 0.6 is 0 Å². The van der Waals surface area contributed by atoms with Crippen molar-refractivity contribution in [3.63, 3.8) is 0 Å². The SMILES string of the molecule is c1ccc2c(c1)c1ccccc1n2Nc1ncnc2nc[nH]c12. The quantitative estimate of drug-likeness (QED) is 0.524. The first-order valence-electron chi connectivity index (χ1n) is 7.31. The van der Waals surface area contributed by atoms with Crippen molar-refractivity contribution >= 4 is 38.8 Å². The van der Waals surface area contributed by atoms with Crippen LogP contribution in [0.1, 0.15) is 0 Å². The zero-order chi connectivity index (χ0) is 15.2. The van der Waals surface area contributed by atoms with Crippen LogP contribution in [0.5, 0.6) is 0 Å². The number of hydrogen-bond acceptors (Lipinski definition) is 4. The van der Waals surface area contributed by atoms with E-state index < -0.39 is 0 Å². The Hall–Kier alpha value is -3.41. The molecule has 5 aromatic rings. The average molecular weight is 300 g/mol. The normalized spacial score (nSPS) is 11.5. The second-order valence-corrected chi connectivity index (χ2v) is 5.30. The molecule has 0 saturated carbocycles. The van der Waals surface area contributed by atoms with Crippen molar-refractivity contribution < 1.29 is 0 Å². The van der Waals surface area contributed by atoms with E-state index >= 15 is 0 Å². The van der Waals surface area contributed by atoms with Gasteiger partial charge in [0.05, 0.1) is 17.4 Å². The smallest absolute Gasteiger partial charge is 0.182 e. The van der Waals surface area contributed by atoms with Crippen LogP contribution in [0.2, 0.25) is 0 Å². The minimum absolute atomic E-state index is 0.642.